The van der Waals surface area contributed by atoms with Crippen molar-refractivity contribution in [2.24, 2.45) is 4.99 Å². The van der Waals surface area contributed by atoms with Crippen LogP contribution in [0.4, 0.5) is 0 Å². The maximum absolute atomic E-state index is 12.1. The lowest BCUT2D eigenvalue weighted by Crippen LogP contribution is -2.39. The van der Waals surface area contributed by atoms with Gasteiger partial charge in [0.25, 0.3) is 5.91 Å². The molecule has 2 aromatic carbocycles. The average molecular weight is 559 g/mol. The van der Waals surface area contributed by atoms with Gasteiger partial charge < -0.3 is 15.1 Å². The zero-order valence-corrected chi connectivity index (χ0v) is 20.7. The van der Waals surface area contributed by atoms with Crippen LogP contribution in [-0.2, 0) is 13.0 Å². The second kappa shape index (κ2) is 12.1. The van der Waals surface area contributed by atoms with E-state index in [0.717, 1.165) is 35.5 Å². The number of guanidine groups is 1. The molecule has 0 aliphatic heterocycles. The summed E-state index contributed by atoms with van der Waals surface area (Å²) in [5, 5.41) is 3.39. The summed E-state index contributed by atoms with van der Waals surface area (Å²) in [4.78, 5) is 20.1. The molecule has 0 aromatic heterocycles. The third kappa shape index (κ3) is 7.09. The molecule has 28 heavy (non-hydrogen) atoms. The molecule has 2 aromatic rings. The number of amides is 1. The second-order valence-corrected chi connectivity index (χ2v) is 7.43. The molecule has 0 radical (unpaired) electrons. The van der Waals surface area contributed by atoms with E-state index >= 15 is 0 Å². The van der Waals surface area contributed by atoms with Gasteiger partial charge in [0.15, 0.2) is 5.96 Å². The highest BCUT2D eigenvalue weighted by Crippen LogP contribution is 2.17. The van der Waals surface area contributed by atoms with Crippen LogP contribution in [0.2, 0.25) is 0 Å². The van der Waals surface area contributed by atoms with Crippen molar-refractivity contribution >= 4 is 51.8 Å². The summed E-state index contributed by atoms with van der Waals surface area (Å²) in [7, 11) is 7.34. The van der Waals surface area contributed by atoms with E-state index in [4.69, 9.17) is 0 Å². The number of hydrogen-bond donors (Lipinski definition) is 1. The summed E-state index contributed by atoms with van der Waals surface area (Å²) in [6.45, 7) is 1.50. The highest BCUT2D eigenvalue weighted by molar-refractivity contribution is 14.0. The normalized spacial score (nSPS) is 10.8. The molecule has 2 rings (SSSR count). The molecule has 0 unspecified atom stereocenters. The number of benzene rings is 2. The lowest BCUT2D eigenvalue weighted by atomic mass is 10.1. The van der Waals surface area contributed by atoms with Gasteiger partial charge in [0.2, 0.25) is 0 Å². The molecular formula is C21H28BrIN4O. The van der Waals surface area contributed by atoms with Gasteiger partial charge in [-0.3, -0.25) is 9.79 Å². The van der Waals surface area contributed by atoms with Crippen LogP contribution in [0.5, 0.6) is 0 Å². The standard InChI is InChI=1S/C21H27BrN4O.HI/c1-23-21(26(4)15-18-9-5-6-11-19(18)22)24-13-12-16-8-7-10-17(14-16)20(27)25(2)3;/h5-11,14H,12-13,15H2,1-4H3,(H,23,24);1H. The zero-order chi connectivity index (χ0) is 19.8. The van der Waals surface area contributed by atoms with Crippen LogP contribution in [0, 0.1) is 0 Å². The molecule has 0 heterocycles. The van der Waals surface area contributed by atoms with E-state index in [-0.39, 0.29) is 29.9 Å². The third-order valence-corrected chi connectivity index (χ3v) is 4.99. The van der Waals surface area contributed by atoms with Gasteiger partial charge in [-0.1, -0.05) is 46.3 Å². The molecule has 1 amide bonds. The van der Waals surface area contributed by atoms with E-state index in [9.17, 15) is 4.79 Å². The predicted molar refractivity (Wildman–Crippen MR) is 131 cm³/mol. The Bertz CT molecular complexity index is 810. The van der Waals surface area contributed by atoms with Crippen molar-refractivity contribution in [3.05, 3.63) is 69.7 Å². The molecule has 0 saturated heterocycles. The molecule has 152 valence electrons. The first-order chi connectivity index (χ1) is 12.9. The van der Waals surface area contributed by atoms with E-state index in [1.165, 1.54) is 5.56 Å². The highest BCUT2D eigenvalue weighted by Gasteiger charge is 2.10. The van der Waals surface area contributed by atoms with Crippen LogP contribution >= 0.6 is 39.9 Å². The largest absolute Gasteiger partial charge is 0.356 e. The average Bonchev–Trinajstić information content (AvgIpc) is 2.66. The van der Waals surface area contributed by atoms with Crippen molar-refractivity contribution in [1.29, 1.82) is 0 Å². The third-order valence-electron chi connectivity index (χ3n) is 4.22. The van der Waals surface area contributed by atoms with Crippen molar-refractivity contribution in [3.8, 4) is 0 Å². The summed E-state index contributed by atoms with van der Waals surface area (Å²) < 4.78 is 1.09. The molecule has 0 aliphatic rings. The Morgan fingerprint density at radius 1 is 1.11 bits per heavy atom. The summed E-state index contributed by atoms with van der Waals surface area (Å²) in [5.41, 5.74) is 3.05. The minimum absolute atomic E-state index is 0. The first-order valence-electron chi connectivity index (χ1n) is 8.88. The Morgan fingerprint density at radius 2 is 1.82 bits per heavy atom. The molecule has 0 atom stereocenters. The lowest BCUT2D eigenvalue weighted by Gasteiger charge is -2.22. The van der Waals surface area contributed by atoms with E-state index < -0.39 is 0 Å². The molecule has 5 nitrogen and oxygen atoms in total. The molecular weight excluding hydrogens is 531 g/mol. The smallest absolute Gasteiger partial charge is 0.253 e. The topological polar surface area (TPSA) is 47.9 Å². The number of aliphatic imine (C=N–C) groups is 1. The SMILES string of the molecule is CN=C(NCCc1cccc(C(=O)N(C)C)c1)N(C)Cc1ccccc1Br.I. The van der Waals surface area contributed by atoms with Crippen LogP contribution < -0.4 is 5.32 Å². The van der Waals surface area contributed by atoms with Crippen LogP contribution in [0.1, 0.15) is 21.5 Å². The Labute approximate surface area is 193 Å². The maximum Gasteiger partial charge on any atom is 0.253 e. The van der Waals surface area contributed by atoms with Gasteiger partial charge in [-0.15, -0.1) is 24.0 Å². The van der Waals surface area contributed by atoms with Crippen LogP contribution in [0.15, 0.2) is 58.0 Å². The second-order valence-electron chi connectivity index (χ2n) is 6.57. The minimum atomic E-state index is 0. The molecule has 0 spiro atoms. The number of hydrogen-bond acceptors (Lipinski definition) is 2. The molecule has 0 fully saturated rings. The molecule has 0 bridgehead atoms. The summed E-state index contributed by atoms with van der Waals surface area (Å²) in [6.07, 6.45) is 0.816. The fraction of sp³-hybridized carbons (Fsp3) is 0.333. The lowest BCUT2D eigenvalue weighted by molar-refractivity contribution is 0.0827. The number of carbonyl (C=O) groups is 1. The number of halogens is 2. The van der Waals surface area contributed by atoms with E-state index in [2.05, 4.69) is 37.2 Å². The summed E-state index contributed by atoms with van der Waals surface area (Å²) in [6, 6.07) is 16.0. The van der Waals surface area contributed by atoms with Gasteiger partial charge in [0, 0.05) is 51.3 Å². The summed E-state index contributed by atoms with van der Waals surface area (Å²) >= 11 is 3.59. The number of rotatable bonds is 6. The van der Waals surface area contributed by atoms with Gasteiger partial charge in [-0.2, -0.15) is 0 Å². The van der Waals surface area contributed by atoms with Crippen molar-refractivity contribution < 1.29 is 4.79 Å². The van der Waals surface area contributed by atoms with E-state index in [1.807, 2.05) is 49.5 Å². The van der Waals surface area contributed by atoms with Gasteiger partial charge in [0.1, 0.15) is 0 Å². The maximum atomic E-state index is 12.1. The molecule has 1 N–H and O–H groups in total. The van der Waals surface area contributed by atoms with Gasteiger partial charge in [0.05, 0.1) is 0 Å². The van der Waals surface area contributed by atoms with Crippen LogP contribution in [-0.4, -0.2) is 56.4 Å². The Balaban J connectivity index is 0.00000392. The number of nitrogens with zero attached hydrogens (tertiary/aromatic N) is 3. The molecule has 7 heteroatoms. The van der Waals surface area contributed by atoms with Crippen LogP contribution in [0.25, 0.3) is 0 Å². The van der Waals surface area contributed by atoms with Crippen LogP contribution in [0.3, 0.4) is 0 Å². The van der Waals surface area contributed by atoms with E-state index in [0.29, 0.717) is 5.56 Å². The number of carbonyl (C=O) groups excluding carboxylic acids is 1. The molecule has 0 aliphatic carbocycles. The molecule has 0 saturated carbocycles. The Kier molecular flexibility index (Phi) is 10.5. The fourth-order valence-corrected chi connectivity index (χ4v) is 3.19. The monoisotopic (exact) mass is 558 g/mol. The Hall–Kier alpha value is -1.61. The first kappa shape index (κ1) is 24.4. The van der Waals surface area contributed by atoms with Crippen molar-refractivity contribution in [2.45, 2.75) is 13.0 Å². The quantitative estimate of drug-likeness (QED) is 0.331. The van der Waals surface area contributed by atoms with Crippen molar-refractivity contribution in [3.63, 3.8) is 0 Å². The highest BCUT2D eigenvalue weighted by atomic mass is 127. The van der Waals surface area contributed by atoms with Gasteiger partial charge >= 0.3 is 0 Å². The first-order valence-corrected chi connectivity index (χ1v) is 9.67. The van der Waals surface area contributed by atoms with Gasteiger partial charge in [-0.05, 0) is 35.7 Å². The minimum Gasteiger partial charge on any atom is -0.356 e. The summed E-state index contributed by atoms with van der Waals surface area (Å²) in [5.74, 6) is 0.861. The van der Waals surface area contributed by atoms with Gasteiger partial charge in [-0.25, -0.2) is 0 Å². The van der Waals surface area contributed by atoms with E-state index in [1.54, 1.807) is 26.0 Å². The fourth-order valence-electron chi connectivity index (χ4n) is 2.78. The van der Waals surface area contributed by atoms with Crippen molar-refractivity contribution in [1.82, 2.24) is 15.1 Å². The predicted octanol–water partition coefficient (Wildman–Crippen LogP) is 4.02. The zero-order valence-electron chi connectivity index (χ0n) is 16.8. The number of nitrogens with one attached hydrogen (secondary N) is 1. The van der Waals surface area contributed by atoms with Crippen molar-refractivity contribution in [2.75, 3.05) is 34.7 Å². The Morgan fingerprint density at radius 3 is 2.46 bits per heavy atom.